The summed E-state index contributed by atoms with van der Waals surface area (Å²) >= 11 is 2.15. The Morgan fingerprint density at radius 2 is 1.82 bits per heavy atom. The van der Waals surface area contributed by atoms with Crippen LogP contribution in [0, 0.1) is 0 Å². The van der Waals surface area contributed by atoms with E-state index in [4.69, 9.17) is 0 Å². The van der Waals surface area contributed by atoms with Gasteiger partial charge in [0.25, 0.3) is 0 Å². The Morgan fingerprint density at radius 3 is 2.18 bits per heavy atom. The van der Waals surface area contributed by atoms with Crippen LogP contribution in [-0.4, -0.2) is 32.7 Å². The quantitative estimate of drug-likeness (QED) is 0.577. The number of likely N-dealkylation sites (tertiary alicyclic amines) is 1. The second kappa shape index (κ2) is 3.58. The average Bonchev–Trinajstić information content (AvgIpc) is 1.86. The summed E-state index contributed by atoms with van der Waals surface area (Å²) in [5, 5.41) is 9.63. The second-order valence-corrected chi connectivity index (χ2v) is 5.56. The Kier molecular flexibility index (Phi) is 3.17. The van der Waals surface area contributed by atoms with E-state index in [1.807, 2.05) is 0 Å². The Labute approximate surface area is 82.1 Å². The molecule has 2 nitrogen and oxygen atoms in total. The lowest BCUT2D eigenvalue weighted by molar-refractivity contribution is 0.0561. The first-order valence-corrected chi connectivity index (χ1v) is 5.24. The molecule has 3 heteroatoms. The van der Waals surface area contributed by atoms with Gasteiger partial charge in [0.15, 0.2) is 0 Å². The molecule has 0 saturated carbocycles. The lowest BCUT2D eigenvalue weighted by Crippen LogP contribution is -2.43. The molecule has 0 amide bonds. The highest BCUT2D eigenvalue weighted by molar-refractivity contribution is 14.1. The van der Waals surface area contributed by atoms with Crippen LogP contribution in [-0.2, 0) is 0 Å². The van der Waals surface area contributed by atoms with Crippen LogP contribution in [0.1, 0.15) is 26.7 Å². The van der Waals surface area contributed by atoms with Gasteiger partial charge in [0, 0.05) is 19.1 Å². The minimum atomic E-state index is -0.427. The van der Waals surface area contributed by atoms with E-state index >= 15 is 0 Å². The molecule has 1 N–H and O–H groups in total. The average molecular weight is 269 g/mol. The molecule has 66 valence electrons. The molecule has 0 radical (unpaired) electrons. The summed E-state index contributed by atoms with van der Waals surface area (Å²) in [5.41, 5.74) is 0. The van der Waals surface area contributed by atoms with Gasteiger partial charge in [-0.1, -0.05) is 0 Å². The van der Waals surface area contributed by atoms with Crippen LogP contribution in [0.3, 0.4) is 0 Å². The molecule has 1 aliphatic rings. The van der Waals surface area contributed by atoms with E-state index in [0.29, 0.717) is 6.04 Å². The molecule has 0 unspecified atom stereocenters. The van der Waals surface area contributed by atoms with Crippen molar-refractivity contribution in [2.45, 2.75) is 36.3 Å². The molecule has 0 atom stereocenters. The van der Waals surface area contributed by atoms with E-state index in [1.165, 1.54) is 0 Å². The molecular formula is C8H16INO. The largest absolute Gasteiger partial charge is 0.380 e. The zero-order chi connectivity index (χ0) is 8.48. The van der Waals surface area contributed by atoms with Crippen LogP contribution in [0.5, 0.6) is 0 Å². The SMILES string of the molecule is CC(C)N1CCC(O)(I)CC1. The molecule has 1 aliphatic heterocycles. The molecule has 11 heavy (non-hydrogen) atoms. The fraction of sp³-hybridized carbons (Fsp3) is 1.00. The smallest absolute Gasteiger partial charge is 0.118 e. The maximum absolute atomic E-state index is 9.63. The van der Waals surface area contributed by atoms with E-state index in [2.05, 4.69) is 41.3 Å². The molecule has 0 aromatic heterocycles. The van der Waals surface area contributed by atoms with Crippen molar-refractivity contribution in [3.8, 4) is 0 Å². The van der Waals surface area contributed by atoms with Crippen molar-refractivity contribution >= 4 is 22.6 Å². The summed E-state index contributed by atoms with van der Waals surface area (Å²) in [7, 11) is 0. The fourth-order valence-electron chi connectivity index (χ4n) is 1.38. The third-order valence-electron chi connectivity index (χ3n) is 2.29. The van der Waals surface area contributed by atoms with E-state index in [0.717, 1.165) is 25.9 Å². The zero-order valence-electron chi connectivity index (χ0n) is 7.18. The normalized spacial score (nSPS) is 25.9. The minimum absolute atomic E-state index is 0.427. The number of hydrogen-bond acceptors (Lipinski definition) is 2. The van der Waals surface area contributed by atoms with Gasteiger partial charge in [0.1, 0.15) is 3.61 Å². The minimum Gasteiger partial charge on any atom is -0.380 e. The van der Waals surface area contributed by atoms with Crippen molar-refractivity contribution < 1.29 is 5.11 Å². The van der Waals surface area contributed by atoms with Crippen LogP contribution in [0.4, 0.5) is 0 Å². The van der Waals surface area contributed by atoms with Gasteiger partial charge in [-0.2, -0.15) is 0 Å². The molecule has 1 heterocycles. The number of alkyl halides is 1. The summed E-state index contributed by atoms with van der Waals surface area (Å²) in [6.45, 7) is 6.49. The zero-order valence-corrected chi connectivity index (χ0v) is 9.34. The maximum Gasteiger partial charge on any atom is 0.118 e. The molecule has 0 bridgehead atoms. The van der Waals surface area contributed by atoms with E-state index in [-0.39, 0.29) is 0 Å². The summed E-state index contributed by atoms with van der Waals surface area (Å²) in [4.78, 5) is 2.41. The lowest BCUT2D eigenvalue weighted by atomic mass is 10.1. The molecular weight excluding hydrogens is 253 g/mol. The highest BCUT2D eigenvalue weighted by atomic mass is 127. The van der Waals surface area contributed by atoms with Crippen LogP contribution >= 0.6 is 22.6 Å². The first kappa shape index (κ1) is 9.74. The number of nitrogens with zero attached hydrogens (tertiary/aromatic N) is 1. The molecule has 1 fully saturated rings. The Hall–Kier alpha value is 0.650. The van der Waals surface area contributed by atoms with Gasteiger partial charge in [-0.3, -0.25) is 0 Å². The van der Waals surface area contributed by atoms with E-state index in [9.17, 15) is 5.11 Å². The van der Waals surface area contributed by atoms with Crippen LogP contribution < -0.4 is 0 Å². The van der Waals surface area contributed by atoms with E-state index in [1.54, 1.807) is 0 Å². The highest BCUT2D eigenvalue weighted by Crippen LogP contribution is 2.29. The second-order valence-electron chi connectivity index (χ2n) is 3.55. The van der Waals surface area contributed by atoms with Gasteiger partial charge in [0.2, 0.25) is 0 Å². The first-order valence-electron chi connectivity index (χ1n) is 4.17. The predicted octanol–water partition coefficient (Wildman–Crippen LogP) is 1.61. The summed E-state index contributed by atoms with van der Waals surface area (Å²) in [5.74, 6) is 0. The standard InChI is InChI=1S/C8H16INO/c1-7(2)10-5-3-8(9,11)4-6-10/h7,11H,3-6H2,1-2H3. The molecule has 0 aliphatic carbocycles. The number of hydrogen-bond donors (Lipinski definition) is 1. The van der Waals surface area contributed by atoms with Crippen molar-refractivity contribution in [2.24, 2.45) is 0 Å². The van der Waals surface area contributed by atoms with Gasteiger partial charge in [-0.25, -0.2) is 0 Å². The first-order chi connectivity index (χ1) is 5.01. The van der Waals surface area contributed by atoms with Crippen LogP contribution in [0.2, 0.25) is 0 Å². The van der Waals surface area contributed by atoms with E-state index < -0.39 is 3.61 Å². The fourth-order valence-corrected chi connectivity index (χ4v) is 1.87. The van der Waals surface area contributed by atoms with Gasteiger partial charge < -0.3 is 10.0 Å². The Balaban J connectivity index is 2.36. The molecule has 0 aromatic carbocycles. The summed E-state index contributed by atoms with van der Waals surface area (Å²) in [6.07, 6.45) is 1.82. The number of piperidine rings is 1. The number of aliphatic hydroxyl groups is 1. The summed E-state index contributed by atoms with van der Waals surface area (Å²) in [6, 6.07) is 0.627. The molecule has 0 spiro atoms. The van der Waals surface area contributed by atoms with Crippen molar-refractivity contribution in [3.63, 3.8) is 0 Å². The monoisotopic (exact) mass is 269 g/mol. The highest BCUT2D eigenvalue weighted by Gasteiger charge is 2.29. The van der Waals surface area contributed by atoms with Gasteiger partial charge in [-0.05, 0) is 49.3 Å². The third kappa shape index (κ3) is 2.87. The Morgan fingerprint density at radius 1 is 1.36 bits per heavy atom. The molecule has 1 rings (SSSR count). The van der Waals surface area contributed by atoms with Crippen molar-refractivity contribution in [3.05, 3.63) is 0 Å². The van der Waals surface area contributed by atoms with Crippen molar-refractivity contribution in [1.29, 1.82) is 0 Å². The van der Waals surface area contributed by atoms with Gasteiger partial charge in [-0.15, -0.1) is 0 Å². The maximum atomic E-state index is 9.63. The van der Waals surface area contributed by atoms with Crippen LogP contribution in [0.25, 0.3) is 0 Å². The third-order valence-corrected chi connectivity index (χ3v) is 3.37. The Bertz CT molecular complexity index is 126. The van der Waals surface area contributed by atoms with Gasteiger partial charge >= 0.3 is 0 Å². The molecule has 1 saturated heterocycles. The van der Waals surface area contributed by atoms with Gasteiger partial charge in [0.05, 0.1) is 0 Å². The predicted molar refractivity (Wildman–Crippen MR) is 54.9 cm³/mol. The topological polar surface area (TPSA) is 23.5 Å². The number of rotatable bonds is 1. The summed E-state index contributed by atoms with van der Waals surface area (Å²) < 4.78 is -0.427. The molecule has 0 aromatic rings. The number of halogens is 1. The van der Waals surface area contributed by atoms with Crippen LogP contribution in [0.15, 0.2) is 0 Å². The lowest BCUT2D eigenvalue weighted by Gasteiger charge is -2.36. The van der Waals surface area contributed by atoms with Crippen molar-refractivity contribution in [2.75, 3.05) is 13.1 Å². The van der Waals surface area contributed by atoms with Crippen molar-refractivity contribution in [1.82, 2.24) is 4.90 Å².